The molecule has 1 aromatic heterocycles. The number of hydrogen-bond donors (Lipinski definition) is 2. The highest BCUT2D eigenvalue weighted by molar-refractivity contribution is 8.01. The third-order valence-corrected chi connectivity index (χ3v) is 5.87. The van der Waals surface area contributed by atoms with Crippen LogP contribution in [-0.4, -0.2) is 34.0 Å². The van der Waals surface area contributed by atoms with E-state index in [1.165, 1.54) is 11.8 Å². The second kappa shape index (κ2) is 7.52. The molecule has 0 aliphatic carbocycles. The number of esters is 1. The maximum atomic E-state index is 12.7. The number of hydrogen-bond acceptors (Lipinski definition) is 5. The lowest BCUT2D eigenvalue weighted by Crippen LogP contribution is -2.33. The number of thioether (sulfide) groups is 1. The van der Waals surface area contributed by atoms with Gasteiger partial charge in [-0.25, -0.2) is 0 Å². The zero-order valence-electron chi connectivity index (χ0n) is 15.1. The van der Waals surface area contributed by atoms with E-state index in [4.69, 9.17) is 4.74 Å². The van der Waals surface area contributed by atoms with Gasteiger partial charge in [-0.05, 0) is 25.1 Å². The molecular formula is C21H18N2O4S. The molecule has 0 fully saturated rings. The molecule has 1 amide bonds. The van der Waals surface area contributed by atoms with Crippen LogP contribution in [0, 0.1) is 0 Å². The van der Waals surface area contributed by atoms with Crippen LogP contribution in [0.25, 0.3) is 10.9 Å². The summed E-state index contributed by atoms with van der Waals surface area (Å²) in [5.41, 5.74) is 2.07. The van der Waals surface area contributed by atoms with Gasteiger partial charge >= 0.3 is 5.97 Å². The Balaban J connectivity index is 1.41. The second-order valence-electron chi connectivity index (χ2n) is 6.54. The zero-order chi connectivity index (χ0) is 19.7. The fourth-order valence-corrected chi connectivity index (χ4v) is 4.27. The molecule has 7 heteroatoms. The van der Waals surface area contributed by atoms with Crippen molar-refractivity contribution in [2.75, 3.05) is 5.32 Å². The predicted molar refractivity (Wildman–Crippen MR) is 108 cm³/mol. The molecule has 1 aliphatic heterocycles. The first-order valence-electron chi connectivity index (χ1n) is 8.89. The average Bonchev–Trinajstić information content (AvgIpc) is 3.12. The van der Waals surface area contributed by atoms with E-state index in [1.54, 1.807) is 13.1 Å². The second-order valence-corrected chi connectivity index (χ2v) is 7.78. The number of fused-ring (bicyclic) bond motifs is 2. The van der Waals surface area contributed by atoms with E-state index in [9.17, 15) is 14.4 Å². The van der Waals surface area contributed by atoms with Gasteiger partial charge in [0.2, 0.25) is 11.7 Å². The molecule has 0 spiro atoms. The third kappa shape index (κ3) is 3.53. The van der Waals surface area contributed by atoms with E-state index in [0.29, 0.717) is 5.56 Å². The van der Waals surface area contributed by atoms with Gasteiger partial charge in [-0.3, -0.25) is 14.4 Å². The number of ether oxygens (including phenoxy) is 1. The van der Waals surface area contributed by atoms with Gasteiger partial charge in [-0.1, -0.05) is 30.3 Å². The van der Waals surface area contributed by atoms with E-state index in [2.05, 4.69) is 10.3 Å². The molecular weight excluding hydrogens is 376 g/mol. The number of H-pyrrole nitrogens is 1. The SMILES string of the molecule is CC(OC(=O)CC1Sc2ccccc2NC1=O)C(=O)c1c[nH]c2ccccc12. The summed E-state index contributed by atoms with van der Waals surface area (Å²) < 4.78 is 5.33. The molecule has 0 saturated carbocycles. The number of rotatable bonds is 5. The maximum Gasteiger partial charge on any atom is 0.308 e. The maximum absolute atomic E-state index is 12.7. The third-order valence-electron chi connectivity index (χ3n) is 4.59. The Morgan fingerprint density at radius 2 is 1.89 bits per heavy atom. The van der Waals surface area contributed by atoms with Crippen molar-refractivity contribution in [2.24, 2.45) is 0 Å². The van der Waals surface area contributed by atoms with Crippen LogP contribution in [0.1, 0.15) is 23.7 Å². The molecule has 2 aromatic carbocycles. The van der Waals surface area contributed by atoms with Gasteiger partial charge < -0.3 is 15.0 Å². The summed E-state index contributed by atoms with van der Waals surface area (Å²) in [7, 11) is 0. The van der Waals surface area contributed by atoms with Gasteiger partial charge in [0.05, 0.1) is 17.4 Å². The number of aromatic nitrogens is 1. The van der Waals surface area contributed by atoms with Crippen molar-refractivity contribution in [1.82, 2.24) is 4.98 Å². The van der Waals surface area contributed by atoms with Gasteiger partial charge in [-0.15, -0.1) is 11.8 Å². The highest BCUT2D eigenvalue weighted by atomic mass is 32.2. The van der Waals surface area contributed by atoms with Crippen LogP contribution < -0.4 is 5.32 Å². The van der Waals surface area contributed by atoms with Crippen molar-refractivity contribution in [2.45, 2.75) is 29.6 Å². The van der Waals surface area contributed by atoms with Crippen LogP contribution in [0.3, 0.4) is 0 Å². The Kier molecular flexibility index (Phi) is 4.92. The van der Waals surface area contributed by atoms with Crippen molar-refractivity contribution in [1.29, 1.82) is 0 Å². The largest absolute Gasteiger partial charge is 0.454 e. The number of anilines is 1. The van der Waals surface area contributed by atoms with E-state index < -0.39 is 17.3 Å². The highest BCUT2D eigenvalue weighted by Gasteiger charge is 2.31. The molecule has 1 aliphatic rings. The normalized spacial score (nSPS) is 16.9. The summed E-state index contributed by atoms with van der Waals surface area (Å²) in [4.78, 5) is 41.2. The molecule has 3 aromatic rings. The average molecular weight is 394 g/mol. The molecule has 2 atom stereocenters. The quantitative estimate of drug-likeness (QED) is 0.508. The Labute approximate surface area is 165 Å². The van der Waals surface area contributed by atoms with Crippen molar-refractivity contribution >= 4 is 46.0 Å². The minimum atomic E-state index is -0.935. The number of nitrogens with one attached hydrogen (secondary N) is 2. The topological polar surface area (TPSA) is 88.3 Å². The summed E-state index contributed by atoms with van der Waals surface area (Å²) in [5, 5.41) is 3.00. The lowest BCUT2D eigenvalue weighted by atomic mass is 10.1. The smallest absolute Gasteiger partial charge is 0.308 e. The molecule has 0 radical (unpaired) electrons. The summed E-state index contributed by atoms with van der Waals surface area (Å²) in [6.07, 6.45) is 0.588. The van der Waals surface area contributed by atoms with Crippen LogP contribution >= 0.6 is 11.8 Å². The first-order chi connectivity index (χ1) is 13.5. The summed E-state index contributed by atoms with van der Waals surface area (Å²) >= 11 is 1.33. The Morgan fingerprint density at radius 3 is 2.75 bits per heavy atom. The van der Waals surface area contributed by atoms with Crippen LogP contribution in [0.15, 0.2) is 59.6 Å². The Bertz CT molecular complexity index is 1070. The van der Waals surface area contributed by atoms with Gasteiger partial charge in [0.25, 0.3) is 0 Å². The molecule has 142 valence electrons. The predicted octanol–water partition coefficient (Wildman–Crippen LogP) is 3.79. The fraction of sp³-hybridized carbons (Fsp3) is 0.190. The fourth-order valence-electron chi connectivity index (χ4n) is 3.17. The van der Waals surface area contributed by atoms with Gasteiger partial charge in [0.15, 0.2) is 6.10 Å². The van der Waals surface area contributed by atoms with Crippen LogP contribution in [-0.2, 0) is 14.3 Å². The summed E-state index contributed by atoms with van der Waals surface area (Å²) in [5.74, 6) is -1.10. The van der Waals surface area contributed by atoms with E-state index >= 15 is 0 Å². The van der Waals surface area contributed by atoms with Crippen molar-refractivity contribution in [3.63, 3.8) is 0 Å². The van der Waals surface area contributed by atoms with E-state index in [1.807, 2.05) is 48.5 Å². The van der Waals surface area contributed by atoms with Gasteiger partial charge in [0.1, 0.15) is 0 Å². The number of Topliss-reactive ketones (excluding diaryl/α,β-unsaturated/α-hetero) is 1. The van der Waals surface area contributed by atoms with Crippen molar-refractivity contribution in [3.05, 3.63) is 60.3 Å². The number of aromatic amines is 1. The molecule has 2 N–H and O–H groups in total. The monoisotopic (exact) mass is 394 g/mol. The number of benzene rings is 2. The van der Waals surface area contributed by atoms with Crippen molar-refractivity contribution in [3.8, 4) is 0 Å². The van der Waals surface area contributed by atoms with Crippen molar-refractivity contribution < 1.29 is 19.1 Å². The molecule has 2 unspecified atom stereocenters. The highest BCUT2D eigenvalue weighted by Crippen LogP contribution is 2.36. The number of carbonyl (C=O) groups excluding carboxylic acids is 3. The molecule has 4 rings (SSSR count). The number of carbonyl (C=O) groups is 3. The zero-order valence-corrected chi connectivity index (χ0v) is 15.9. The lowest BCUT2D eigenvalue weighted by molar-refractivity contribution is -0.147. The lowest BCUT2D eigenvalue weighted by Gasteiger charge is -2.23. The minimum absolute atomic E-state index is 0.101. The van der Waals surface area contributed by atoms with E-state index in [0.717, 1.165) is 21.5 Å². The summed E-state index contributed by atoms with van der Waals surface area (Å²) in [6, 6.07) is 14.9. The number of amides is 1. The molecule has 6 nitrogen and oxygen atoms in total. The summed E-state index contributed by atoms with van der Waals surface area (Å²) in [6.45, 7) is 1.55. The molecule has 2 heterocycles. The molecule has 28 heavy (non-hydrogen) atoms. The van der Waals surface area contributed by atoms with Gasteiger partial charge in [-0.2, -0.15) is 0 Å². The van der Waals surface area contributed by atoms with E-state index in [-0.39, 0.29) is 18.1 Å². The molecule has 0 saturated heterocycles. The first kappa shape index (κ1) is 18.3. The first-order valence-corrected chi connectivity index (χ1v) is 9.77. The minimum Gasteiger partial charge on any atom is -0.454 e. The number of ketones is 1. The number of para-hydroxylation sites is 2. The molecule has 0 bridgehead atoms. The Hall–Kier alpha value is -3.06. The standard InChI is InChI=1S/C21H18N2O4S/c1-12(20(25)14-11-22-15-7-3-2-6-13(14)15)27-19(24)10-18-21(26)23-16-8-4-5-9-17(16)28-18/h2-9,11-12,18,22H,10H2,1H3,(H,23,26). The Morgan fingerprint density at radius 1 is 1.14 bits per heavy atom. The van der Waals surface area contributed by atoms with Crippen LogP contribution in [0.2, 0.25) is 0 Å². The van der Waals surface area contributed by atoms with Gasteiger partial charge in [0, 0.05) is 27.6 Å². The van der Waals surface area contributed by atoms with Crippen LogP contribution in [0.5, 0.6) is 0 Å². The van der Waals surface area contributed by atoms with Crippen LogP contribution in [0.4, 0.5) is 5.69 Å².